The summed E-state index contributed by atoms with van der Waals surface area (Å²) < 4.78 is 21.6. The molecule has 3 aromatic heterocycles. The second-order valence-corrected chi connectivity index (χ2v) is 13.5. The zero-order chi connectivity index (χ0) is 30.4. The van der Waals surface area contributed by atoms with Gasteiger partial charge in [0.05, 0.1) is 32.0 Å². The molecule has 1 aliphatic rings. The van der Waals surface area contributed by atoms with Crippen molar-refractivity contribution in [3.63, 3.8) is 0 Å². The zero-order valence-corrected chi connectivity index (χ0v) is 26.8. The molecule has 8 nitrogen and oxygen atoms in total. The molecule has 0 atom stereocenters. The molecular weight excluding hydrogens is 630 g/mol. The van der Waals surface area contributed by atoms with Crippen LogP contribution in [0, 0.1) is 12.7 Å². The van der Waals surface area contributed by atoms with Crippen molar-refractivity contribution in [2.24, 2.45) is 0 Å². The van der Waals surface area contributed by atoms with Crippen LogP contribution in [0.5, 0.6) is 0 Å². The normalized spacial score (nSPS) is 14.9. The summed E-state index contributed by atoms with van der Waals surface area (Å²) in [5, 5.41) is 7.70. The Kier molecular flexibility index (Phi) is 10.5. The standard InChI is InChI=1S/C30H31Cl2FN6O2S2/c1-19-5-9-34-24(15-19)38-29-36-17-25(43-29)42-23-6-10-35-27(26(23)33)28(40)37-18-30(20-3-4-21(31)22(32)16-20)7-11-39(12-8-30)13-14-41-2/h3-6,9-10,15-17H,7-8,11-14,18H2,1-2H3,(H,37,40)(H,34,36,38). The Morgan fingerprint density at radius 3 is 2.65 bits per heavy atom. The van der Waals surface area contributed by atoms with Crippen molar-refractivity contribution in [1.82, 2.24) is 25.2 Å². The minimum atomic E-state index is -0.675. The van der Waals surface area contributed by atoms with Crippen LogP contribution in [0.2, 0.25) is 10.0 Å². The van der Waals surface area contributed by atoms with Gasteiger partial charge in [0.2, 0.25) is 0 Å². The number of methoxy groups -OCH3 is 1. The van der Waals surface area contributed by atoms with Crippen LogP contribution in [-0.2, 0) is 10.2 Å². The molecule has 1 aliphatic heterocycles. The molecule has 43 heavy (non-hydrogen) atoms. The average Bonchev–Trinajstić information content (AvgIpc) is 3.44. The number of benzene rings is 1. The highest BCUT2D eigenvalue weighted by Gasteiger charge is 2.37. The summed E-state index contributed by atoms with van der Waals surface area (Å²) >= 11 is 15.1. The SMILES string of the molecule is COCCN1CCC(CNC(=O)c2nccc(Sc3cnc(Nc4cc(C)ccn4)s3)c2F)(c2ccc(Cl)c(Cl)c2)CC1. The maximum Gasteiger partial charge on any atom is 0.273 e. The Hall–Kier alpha value is -2.80. The number of pyridine rings is 2. The lowest BCUT2D eigenvalue weighted by atomic mass is 9.72. The molecule has 0 unspecified atom stereocenters. The number of thiazole rings is 1. The maximum atomic E-state index is 15.6. The highest BCUT2D eigenvalue weighted by atomic mass is 35.5. The molecule has 4 heterocycles. The van der Waals surface area contributed by atoms with Crippen molar-refractivity contribution in [1.29, 1.82) is 0 Å². The number of nitrogens with zero attached hydrogens (tertiary/aromatic N) is 4. The molecule has 1 amide bonds. The second kappa shape index (κ2) is 14.3. The highest BCUT2D eigenvalue weighted by Crippen LogP contribution is 2.39. The Labute approximate surface area is 268 Å². The first-order valence-corrected chi connectivity index (χ1v) is 16.1. The number of hydrogen-bond acceptors (Lipinski definition) is 9. The summed E-state index contributed by atoms with van der Waals surface area (Å²) in [5.41, 5.74) is 1.42. The number of likely N-dealkylation sites (tertiary alicyclic amines) is 1. The molecule has 4 aromatic rings. The van der Waals surface area contributed by atoms with Crippen molar-refractivity contribution in [3.05, 3.63) is 87.7 Å². The fourth-order valence-corrected chi connectivity index (χ4v) is 7.17. The van der Waals surface area contributed by atoms with Crippen LogP contribution < -0.4 is 10.6 Å². The van der Waals surface area contributed by atoms with E-state index in [1.165, 1.54) is 29.3 Å². The largest absolute Gasteiger partial charge is 0.383 e. The second-order valence-electron chi connectivity index (χ2n) is 10.3. The van der Waals surface area contributed by atoms with E-state index in [1.54, 1.807) is 31.6 Å². The summed E-state index contributed by atoms with van der Waals surface area (Å²) in [6, 6.07) is 11.0. The zero-order valence-electron chi connectivity index (χ0n) is 23.7. The number of hydrogen-bond donors (Lipinski definition) is 2. The Balaban J connectivity index is 1.28. The van der Waals surface area contributed by atoms with E-state index in [1.807, 2.05) is 31.2 Å². The van der Waals surface area contributed by atoms with Crippen LogP contribution in [0.15, 0.2) is 64.1 Å². The predicted octanol–water partition coefficient (Wildman–Crippen LogP) is 6.99. The van der Waals surface area contributed by atoms with Crippen molar-refractivity contribution in [3.8, 4) is 0 Å². The first-order valence-electron chi connectivity index (χ1n) is 13.7. The Bertz CT molecular complexity index is 1580. The number of carbonyl (C=O) groups excluding carboxylic acids is 1. The summed E-state index contributed by atoms with van der Waals surface area (Å²) in [6.07, 6.45) is 6.38. The van der Waals surface area contributed by atoms with E-state index < -0.39 is 17.1 Å². The number of aromatic nitrogens is 3. The quantitative estimate of drug-likeness (QED) is 0.178. The van der Waals surface area contributed by atoms with Gasteiger partial charge >= 0.3 is 0 Å². The van der Waals surface area contributed by atoms with Gasteiger partial charge in [-0.05, 0) is 74.3 Å². The van der Waals surface area contributed by atoms with Gasteiger partial charge in [-0.25, -0.2) is 19.3 Å². The van der Waals surface area contributed by atoms with Gasteiger partial charge in [-0.15, -0.1) is 0 Å². The lowest BCUT2D eigenvalue weighted by Gasteiger charge is -2.42. The number of nitrogens with one attached hydrogen (secondary N) is 2. The smallest absolute Gasteiger partial charge is 0.273 e. The molecule has 5 rings (SSSR count). The minimum absolute atomic E-state index is 0.251. The van der Waals surface area contributed by atoms with Crippen LogP contribution in [-0.4, -0.2) is 65.7 Å². The van der Waals surface area contributed by atoms with Crippen molar-refractivity contribution in [2.45, 2.75) is 34.3 Å². The van der Waals surface area contributed by atoms with E-state index in [-0.39, 0.29) is 10.6 Å². The summed E-state index contributed by atoms with van der Waals surface area (Å²) in [7, 11) is 1.69. The molecule has 0 bridgehead atoms. The van der Waals surface area contributed by atoms with E-state index in [2.05, 4.69) is 30.5 Å². The first kappa shape index (κ1) is 31.6. The monoisotopic (exact) mass is 660 g/mol. The Morgan fingerprint density at radius 2 is 1.91 bits per heavy atom. The number of halogens is 3. The molecule has 0 saturated carbocycles. The topological polar surface area (TPSA) is 92.3 Å². The molecule has 0 spiro atoms. The summed E-state index contributed by atoms with van der Waals surface area (Å²) in [6.45, 7) is 5.42. The lowest BCUT2D eigenvalue weighted by Crippen LogP contribution is -2.49. The van der Waals surface area contributed by atoms with Gasteiger partial charge in [0.1, 0.15) is 5.82 Å². The van der Waals surface area contributed by atoms with Crippen LogP contribution >= 0.6 is 46.3 Å². The van der Waals surface area contributed by atoms with Gasteiger partial charge in [0.25, 0.3) is 5.91 Å². The van der Waals surface area contributed by atoms with Crippen LogP contribution in [0.25, 0.3) is 0 Å². The van der Waals surface area contributed by atoms with Gasteiger partial charge in [0.15, 0.2) is 16.6 Å². The van der Waals surface area contributed by atoms with Crippen molar-refractivity contribution < 1.29 is 13.9 Å². The third kappa shape index (κ3) is 7.84. The third-order valence-corrected chi connectivity index (χ3v) is 10.2. The van der Waals surface area contributed by atoms with Gasteiger partial charge in [-0.2, -0.15) is 0 Å². The Morgan fingerprint density at radius 1 is 1.12 bits per heavy atom. The molecule has 2 N–H and O–H groups in total. The number of piperidine rings is 1. The number of amides is 1. The van der Waals surface area contributed by atoms with Crippen LogP contribution in [0.1, 0.15) is 34.5 Å². The number of anilines is 2. The van der Waals surface area contributed by atoms with E-state index in [0.29, 0.717) is 34.1 Å². The van der Waals surface area contributed by atoms with E-state index in [9.17, 15) is 4.79 Å². The highest BCUT2D eigenvalue weighted by molar-refractivity contribution is 8.01. The summed E-state index contributed by atoms with van der Waals surface area (Å²) in [4.78, 5) is 28.7. The fourth-order valence-electron chi connectivity index (χ4n) is 5.00. The third-order valence-electron chi connectivity index (χ3n) is 7.46. The number of rotatable bonds is 11. The lowest BCUT2D eigenvalue weighted by molar-refractivity contribution is 0.0888. The fraction of sp³-hybridized carbons (Fsp3) is 0.333. The number of ether oxygens (including phenoxy) is 1. The van der Waals surface area contributed by atoms with Crippen LogP contribution in [0.3, 0.4) is 0 Å². The first-order chi connectivity index (χ1) is 20.8. The van der Waals surface area contributed by atoms with Crippen LogP contribution in [0.4, 0.5) is 15.3 Å². The molecule has 1 aromatic carbocycles. The van der Waals surface area contributed by atoms with E-state index >= 15 is 4.39 Å². The molecule has 1 fully saturated rings. The molecule has 226 valence electrons. The average molecular weight is 662 g/mol. The molecule has 13 heteroatoms. The van der Waals surface area contributed by atoms with Crippen molar-refractivity contribution in [2.75, 3.05) is 45.2 Å². The number of carbonyl (C=O) groups is 1. The predicted molar refractivity (Wildman–Crippen MR) is 171 cm³/mol. The maximum absolute atomic E-state index is 15.6. The molecular formula is C30H31Cl2FN6O2S2. The summed E-state index contributed by atoms with van der Waals surface area (Å²) in [5.74, 6) is -0.566. The van der Waals surface area contributed by atoms with Gasteiger partial charge in [-0.3, -0.25) is 4.79 Å². The molecule has 0 aliphatic carbocycles. The molecule has 0 radical (unpaired) electrons. The van der Waals surface area contributed by atoms with Gasteiger partial charge < -0.3 is 20.3 Å². The van der Waals surface area contributed by atoms with Gasteiger partial charge in [0, 0.05) is 38.0 Å². The number of aryl methyl sites for hydroxylation is 1. The molecule has 1 saturated heterocycles. The van der Waals surface area contributed by atoms with E-state index in [4.69, 9.17) is 27.9 Å². The van der Waals surface area contributed by atoms with Gasteiger partial charge in [-0.1, -0.05) is 52.4 Å². The van der Waals surface area contributed by atoms with Crippen molar-refractivity contribution >= 4 is 63.2 Å². The minimum Gasteiger partial charge on any atom is -0.383 e. The van der Waals surface area contributed by atoms with E-state index in [0.717, 1.165) is 47.8 Å².